The van der Waals surface area contributed by atoms with Gasteiger partial charge in [-0.25, -0.2) is 4.79 Å². The number of aromatic nitrogens is 2. The van der Waals surface area contributed by atoms with E-state index in [1.54, 1.807) is 6.20 Å². The molecule has 1 aliphatic heterocycles. The van der Waals surface area contributed by atoms with Gasteiger partial charge >= 0.3 is 5.69 Å². The Morgan fingerprint density at radius 1 is 1.15 bits per heavy atom. The quantitative estimate of drug-likeness (QED) is 0.384. The van der Waals surface area contributed by atoms with E-state index in [1.807, 2.05) is 6.07 Å². The number of aliphatic hydroxyl groups is 2. The van der Waals surface area contributed by atoms with E-state index >= 15 is 0 Å². The molecule has 2 N–H and O–H groups in total. The lowest BCUT2D eigenvalue weighted by atomic mass is 10.1. The van der Waals surface area contributed by atoms with Gasteiger partial charge in [-0.15, -0.1) is 0 Å². The van der Waals surface area contributed by atoms with Crippen molar-refractivity contribution in [2.45, 2.75) is 96.5 Å². The maximum atomic E-state index is 12.4. The van der Waals surface area contributed by atoms with Gasteiger partial charge in [0, 0.05) is 32.3 Å². The van der Waals surface area contributed by atoms with E-state index in [4.69, 9.17) is 13.9 Å². The minimum atomic E-state index is -0.800. The molecule has 0 radical (unpaired) electrons. The zero-order chi connectivity index (χ0) is 23.6. The molecule has 3 heterocycles. The first kappa shape index (κ1) is 25.9. The van der Waals surface area contributed by atoms with Crippen LogP contribution in [0.2, 0.25) is 0 Å². The molecule has 8 heteroatoms. The van der Waals surface area contributed by atoms with E-state index in [2.05, 4.69) is 18.8 Å². The molecule has 0 bridgehead atoms. The van der Waals surface area contributed by atoms with Gasteiger partial charge in [0.2, 0.25) is 5.71 Å². The molecule has 3 rings (SSSR count). The summed E-state index contributed by atoms with van der Waals surface area (Å²) in [6, 6.07) is 1.92. The van der Waals surface area contributed by atoms with Gasteiger partial charge < -0.3 is 24.1 Å². The maximum absolute atomic E-state index is 12.4. The fraction of sp³-hybridized carbons (Fsp3) is 0.760. The van der Waals surface area contributed by atoms with Crippen LogP contribution >= 0.6 is 0 Å². The minimum absolute atomic E-state index is 0.244. The Bertz CT molecular complexity index is 893. The molecule has 1 fully saturated rings. The molecule has 1 saturated heterocycles. The monoisotopic (exact) mass is 464 g/mol. The van der Waals surface area contributed by atoms with Crippen molar-refractivity contribution in [3.63, 3.8) is 0 Å². The van der Waals surface area contributed by atoms with Crippen LogP contribution < -0.4 is 5.69 Å². The van der Waals surface area contributed by atoms with Crippen molar-refractivity contribution in [1.82, 2.24) is 9.55 Å². The smallest absolute Gasteiger partial charge is 0.353 e. The fourth-order valence-corrected chi connectivity index (χ4v) is 4.17. The van der Waals surface area contributed by atoms with Crippen LogP contribution in [0.4, 0.5) is 0 Å². The molecule has 2 aromatic heterocycles. The molecular weight excluding hydrogens is 424 g/mol. The first-order valence-electron chi connectivity index (χ1n) is 12.5. The molecule has 0 aromatic carbocycles. The molecule has 8 nitrogen and oxygen atoms in total. The third kappa shape index (κ3) is 7.91. The predicted octanol–water partition coefficient (Wildman–Crippen LogP) is 3.97. The number of rotatable bonds is 15. The Labute approximate surface area is 195 Å². The lowest BCUT2D eigenvalue weighted by molar-refractivity contribution is -0.0457. The van der Waals surface area contributed by atoms with Crippen LogP contribution in [-0.2, 0) is 15.9 Å². The highest BCUT2D eigenvalue weighted by molar-refractivity contribution is 5.72. The van der Waals surface area contributed by atoms with Crippen LogP contribution in [0.15, 0.2) is 21.5 Å². The fourth-order valence-electron chi connectivity index (χ4n) is 4.17. The first-order valence-corrected chi connectivity index (χ1v) is 12.5. The number of unbranched alkanes of at least 4 members (excludes halogenated alkanes) is 6. The topological polar surface area (TPSA) is 107 Å². The molecule has 3 atom stereocenters. The van der Waals surface area contributed by atoms with E-state index < -0.39 is 24.1 Å². The number of fused-ring (bicyclic) bond motifs is 1. The molecule has 2 aromatic rings. The molecule has 186 valence electrons. The van der Waals surface area contributed by atoms with E-state index in [1.165, 1.54) is 30.3 Å². The average Bonchev–Trinajstić information content (AvgIpc) is 3.35. The summed E-state index contributed by atoms with van der Waals surface area (Å²) in [6.45, 7) is 5.92. The summed E-state index contributed by atoms with van der Waals surface area (Å²) in [6.07, 6.45) is 10.0. The van der Waals surface area contributed by atoms with Crippen molar-refractivity contribution in [3.05, 3.63) is 28.5 Å². The second kappa shape index (κ2) is 13.2. The molecule has 0 unspecified atom stereocenters. The summed E-state index contributed by atoms with van der Waals surface area (Å²) in [5.41, 5.74) is -0.149. The third-order valence-electron chi connectivity index (χ3n) is 6.23. The van der Waals surface area contributed by atoms with E-state index in [9.17, 15) is 15.0 Å². The van der Waals surface area contributed by atoms with Gasteiger partial charge in [-0.1, -0.05) is 46.0 Å². The van der Waals surface area contributed by atoms with Gasteiger partial charge in [-0.3, -0.25) is 4.57 Å². The van der Waals surface area contributed by atoms with Crippen LogP contribution in [0, 0.1) is 5.92 Å². The molecule has 0 saturated carbocycles. The number of furan rings is 1. The highest BCUT2D eigenvalue weighted by Gasteiger charge is 2.35. The van der Waals surface area contributed by atoms with Gasteiger partial charge in [0.15, 0.2) is 0 Å². The van der Waals surface area contributed by atoms with E-state index in [-0.39, 0.29) is 13.0 Å². The zero-order valence-corrected chi connectivity index (χ0v) is 20.1. The van der Waals surface area contributed by atoms with Crippen molar-refractivity contribution in [2.75, 3.05) is 19.8 Å². The van der Waals surface area contributed by atoms with Gasteiger partial charge in [0.25, 0.3) is 0 Å². The standard InChI is InChI=1S/C25H40N2O6/c1-18(2)11-13-31-12-9-7-5-3-4-6-8-10-20-14-19-16-27(25(30)26-24(19)32-20)23-15-21(29)22(17-28)33-23/h14,16,18,21-23,28-29H,3-13,15,17H2,1-2H3/t21-,22+,23+/m0/s1. The summed E-state index contributed by atoms with van der Waals surface area (Å²) in [4.78, 5) is 16.4. The normalized spacial score (nSPS) is 20.9. The Kier molecular flexibility index (Phi) is 10.4. The van der Waals surface area contributed by atoms with Crippen LogP contribution in [0.5, 0.6) is 0 Å². The number of hydrogen-bond acceptors (Lipinski definition) is 7. The summed E-state index contributed by atoms with van der Waals surface area (Å²) >= 11 is 0. The highest BCUT2D eigenvalue weighted by atomic mass is 16.5. The number of aryl methyl sites for hydroxylation is 1. The first-order chi connectivity index (χ1) is 16.0. The molecule has 0 aliphatic carbocycles. The van der Waals surface area contributed by atoms with Gasteiger partial charge in [-0.2, -0.15) is 4.98 Å². The largest absolute Gasteiger partial charge is 0.443 e. The molecular formula is C25H40N2O6. The number of ether oxygens (including phenoxy) is 2. The molecule has 33 heavy (non-hydrogen) atoms. The highest BCUT2D eigenvalue weighted by Crippen LogP contribution is 2.28. The van der Waals surface area contributed by atoms with E-state index in [0.717, 1.165) is 56.5 Å². The zero-order valence-electron chi connectivity index (χ0n) is 20.1. The second-order valence-electron chi connectivity index (χ2n) is 9.54. The van der Waals surface area contributed by atoms with Crippen molar-refractivity contribution in [1.29, 1.82) is 0 Å². The Morgan fingerprint density at radius 2 is 1.88 bits per heavy atom. The number of aliphatic hydroxyl groups excluding tert-OH is 2. The van der Waals surface area contributed by atoms with Gasteiger partial charge in [0.05, 0.1) is 18.1 Å². The van der Waals surface area contributed by atoms with Crippen molar-refractivity contribution < 1.29 is 24.1 Å². The Morgan fingerprint density at radius 3 is 2.58 bits per heavy atom. The number of hydrogen-bond donors (Lipinski definition) is 2. The van der Waals surface area contributed by atoms with Gasteiger partial charge in [0.1, 0.15) is 18.1 Å². The summed E-state index contributed by atoms with van der Waals surface area (Å²) in [5.74, 6) is 1.54. The van der Waals surface area contributed by atoms with Crippen molar-refractivity contribution in [2.24, 2.45) is 5.92 Å². The van der Waals surface area contributed by atoms with Crippen LogP contribution in [0.1, 0.15) is 83.6 Å². The summed E-state index contributed by atoms with van der Waals surface area (Å²) in [7, 11) is 0. The van der Waals surface area contributed by atoms with Crippen LogP contribution in [-0.4, -0.2) is 51.8 Å². The summed E-state index contributed by atoms with van der Waals surface area (Å²) in [5, 5.41) is 19.9. The summed E-state index contributed by atoms with van der Waals surface area (Å²) < 4.78 is 18.4. The Hall–Kier alpha value is -1.74. The van der Waals surface area contributed by atoms with Crippen molar-refractivity contribution >= 4 is 11.1 Å². The van der Waals surface area contributed by atoms with Gasteiger partial charge in [-0.05, 0) is 31.2 Å². The second-order valence-corrected chi connectivity index (χ2v) is 9.54. The number of nitrogens with zero attached hydrogens (tertiary/aromatic N) is 2. The minimum Gasteiger partial charge on any atom is -0.443 e. The average molecular weight is 465 g/mol. The Balaban J connectivity index is 1.34. The molecule has 0 spiro atoms. The lowest BCUT2D eigenvalue weighted by Gasteiger charge is -2.13. The molecule has 0 amide bonds. The lowest BCUT2D eigenvalue weighted by Crippen LogP contribution is -2.27. The van der Waals surface area contributed by atoms with Crippen LogP contribution in [0.25, 0.3) is 11.1 Å². The van der Waals surface area contributed by atoms with Crippen LogP contribution in [0.3, 0.4) is 0 Å². The maximum Gasteiger partial charge on any atom is 0.353 e. The molecule has 1 aliphatic rings. The third-order valence-corrected chi connectivity index (χ3v) is 6.23. The predicted molar refractivity (Wildman–Crippen MR) is 126 cm³/mol. The van der Waals surface area contributed by atoms with Crippen molar-refractivity contribution in [3.8, 4) is 0 Å². The van der Waals surface area contributed by atoms with E-state index in [0.29, 0.717) is 11.6 Å². The SMILES string of the molecule is CC(C)CCOCCCCCCCCCc1cc2cn([C@H]3C[C@H](O)[C@@H](CO)O3)c(=O)nc2o1.